The molecule has 122 valence electrons. The van der Waals surface area contributed by atoms with Crippen LogP contribution in [-0.4, -0.2) is 40.6 Å². The summed E-state index contributed by atoms with van der Waals surface area (Å²) < 4.78 is 0. The van der Waals surface area contributed by atoms with Crippen LogP contribution < -0.4 is 16.0 Å². The molecule has 7 nitrogen and oxygen atoms in total. The van der Waals surface area contributed by atoms with Crippen molar-refractivity contribution in [2.24, 2.45) is 0 Å². The van der Waals surface area contributed by atoms with Crippen molar-refractivity contribution in [2.45, 2.75) is 71.5 Å². The Bertz CT molecular complexity index is 377. The van der Waals surface area contributed by atoms with Crippen LogP contribution in [0.25, 0.3) is 0 Å². The van der Waals surface area contributed by atoms with Gasteiger partial charge in [0.15, 0.2) is 0 Å². The van der Waals surface area contributed by atoms with E-state index in [1.54, 1.807) is 6.92 Å². The number of nitrogens with one attached hydrogen (secondary N) is 3. The van der Waals surface area contributed by atoms with Crippen LogP contribution >= 0.6 is 0 Å². The van der Waals surface area contributed by atoms with Crippen molar-refractivity contribution < 1.29 is 19.5 Å². The van der Waals surface area contributed by atoms with Crippen molar-refractivity contribution in [3.63, 3.8) is 0 Å². The minimum absolute atomic E-state index is 0.135. The van der Waals surface area contributed by atoms with Gasteiger partial charge in [0.25, 0.3) is 0 Å². The fourth-order valence-electron chi connectivity index (χ4n) is 1.75. The second-order valence-electron chi connectivity index (χ2n) is 6.16. The maximum atomic E-state index is 11.8. The van der Waals surface area contributed by atoms with E-state index in [0.717, 1.165) is 6.42 Å². The van der Waals surface area contributed by atoms with Crippen LogP contribution in [0.3, 0.4) is 0 Å². The van der Waals surface area contributed by atoms with Gasteiger partial charge in [0.1, 0.15) is 6.04 Å². The van der Waals surface area contributed by atoms with Crippen LogP contribution in [0.2, 0.25) is 0 Å². The zero-order valence-electron chi connectivity index (χ0n) is 13.4. The molecule has 0 aromatic heterocycles. The van der Waals surface area contributed by atoms with Crippen LogP contribution in [0.4, 0.5) is 4.79 Å². The number of carboxylic acids is 1. The van der Waals surface area contributed by atoms with Crippen LogP contribution in [0.15, 0.2) is 0 Å². The van der Waals surface area contributed by atoms with Crippen LogP contribution in [0.5, 0.6) is 0 Å². The summed E-state index contributed by atoms with van der Waals surface area (Å²) in [5.74, 6) is -1.25. The van der Waals surface area contributed by atoms with Gasteiger partial charge in [-0.1, -0.05) is 13.3 Å². The molecule has 0 aliphatic rings. The van der Waals surface area contributed by atoms with Crippen molar-refractivity contribution in [3.8, 4) is 0 Å². The Hall–Kier alpha value is -1.79. The van der Waals surface area contributed by atoms with E-state index in [9.17, 15) is 14.4 Å². The van der Waals surface area contributed by atoms with E-state index in [-0.39, 0.29) is 17.9 Å². The number of aliphatic carboxylic acids is 1. The zero-order chi connectivity index (χ0) is 16.6. The van der Waals surface area contributed by atoms with E-state index >= 15 is 0 Å². The van der Waals surface area contributed by atoms with Gasteiger partial charge in [-0.15, -0.1) is 0 Å². The van der Waals surface area contributed by atoms with Gasteiger partial charge < -0.3 is 21.1 Å². The van der Waals surface area contributed by atoms with Crippen molar-refractivity contribution in [3.05, 3.63) is 0 Å². The van der Waals surface area contributed by atoms with Crippen molar-refractivity contribution in [1.82, 2.24) is 16.0 Å². The first-order valence-corrected chi connectivity index (χ1v) is 7.16. The number of hydrogen-bond donors (Lipinski definition) is 4. The van der Waals surface area contributed by atoms with E-state index in [1.165, 1.54) is 0 Å². The molecular weight excluding hydrogens is 274 g/mol. The number of carbonyl (C=O) groups is 3. The zero-order valence-corrected chi connectivity index (χ0v) is 13.4. The largest absolute Gasteiger partial charge is 0.481 e. The first-order chi connectivity index (χ1) is 9.55. The van der Waals surface area contributed by atoms with E-state index < -0.39 is 24.1 Å². The average Bonchev–Trinajstić information content (AvgIpc) is 2.25. The maximum absolute atomic E-state index is 11.8. The van der Waals surface area contributed by atoms with Gasteiger partial charge in [0.05, 0.1) is 6.42 Å². The third kappa shape index (κ3) is 9.70. The van der Waals surface area contributed by atoms with Crippen LogP contribution in [0.1, 0.15) is 53.9 Å². The lowest BCUT2D eigenvalue weighted by molar-refractivity contribution is -0.137. The molecule has 4 N–H and O–H groups in total. The SMILES string of the molecule is CCCC(CC(=O)O)NC(=O)NC(C)C(=O)NC(C)(C)C. The summed E-state index contributed by atoms with van der Waals surface area (Å²) in [6.07, 6.45) is 1.20. The number of carboxylic acid groups (broad SMARTS) is 1. The summed E-state index contributed by atoms with van der Waals surface area (Å²) in [6, 6.07) is -1.67. The first-order valence-electron chi connectivity index (χ1n) is 7.16. The molecule has 0 aliphatic heterocycles. The predicted octanol–water partition coefficient (Wildman–Crippen LogP) is 1.23. The Kier molecular flexibility index (Phi) is 7.76. The topological polar surface area (TPSA) is 108 Å². The molecule has 0 aromatic carbocycles. The third-order valence-corrected chi connectivity index (χ3v) is 2.63. The normalized spacial score (nSPS) is 14.0. The molecule has 0 rings (SSSR count). The van der Waals surface area contributed by atoms with Gasteiger partial charge in [-0.2, -0.15) is 0 Å². The fraction of sp³-hybridized carbons (Fsp3) is 0.786. The molecule has 0 saturated heterocycles. The molecule has 3 amide bonds. The Labute approximate surface area is 125 Å². The summed E-state index contributed by atoms with van der Waals surface area (Å²) >= 11 is 0. The quantitative estimate of drug-likeness (QED) is 0.567. The lowest BCUT2D eigenvalue weighted by Gasteiger charge is -2.24. The summed E-state index contributed by atoms with van der Waals surface area (Å²) in [6.45, 7) is 9.03. The number of amides is 3. The third-order valence-electron chi connectivity index (χ3n) is 2.63. The Morgan fingerprint density at radius 2 is 1.71 bits per heavy atom. The summed E-state index contributed by atoms with van der Waals surface area (Å²) in [4.78, 5) is 34.3. The fourth-order valence-corrected chi connectivity index (χ4v) is 1.75. The number of urea groups is 1. The van der Waals surface area contributed by atoms with Crippen molar-refractivity contribution >= 4 is 17.9 Å². The van der Waals surface area contributed by atoms with Gasteiger partial charge in [-0.25, -0.2) is 4.79 Å². The highest BCUT2D eigenvalue weighted by molar-refractivity contribution is 5.87. The molecule has 7 heteroatoms. The van der Waals surface area contributed by atoms with E-state index in [4.69, 9.17) is 5.11 Å². The van der Waals surface area contributed by atoms with E-state index in [2.05, 4.69) is 16.0 Å². The summed E-state index contributed by atoms with van der Waals surface area (Å²) in [7, 11) is 0. The van der Waals surface area contributed by atoms with Gasteiger partial charge in [0.2, 0.25) is 5.91 Å². The molecule has 0 aromatic rings. The predicted molar refractivity (Wildman–Crippen MR) is 80.0 cm³/mol. The standard InChI is InChI=1S/C14H27N3O4/c1-6-7-10(8-11(18)19)16-13(21)15-9(2)12(20)17-14(3,4)5/h9-10H,6-8H2,1-5H3,(H,17,20)(H,18,19)(H2,15,16,21). The van der Waals surface area contributed by atoms with E-state index in [0.29, 0.717) is 6.42 Å². The highest BCUT2D eigenvalue weighted by Crippen LogP contribution is 2.02. The highest BCUT2D eigenvalue weighted by atomic mass is 16.4. The molecule has 0 bridgehead atoms. The number of carbonyl (C=O) groups excluding carboxylic acids is 2. The van der Waals surface area contributed by atoms with Gasteiger partial charge in [-0.3, -0.25) is 9.59 Å². The lowest BCUT2D eigenvalue weighted by atomic mass is 10.1. The minimum atomic E-state index is -0.965. The van der Waals surface area contributed by atoms with Crippen molar-refractivity contribution in [2.75, 3.05) is 0 Å². The van der Waals surface area contributed by atoms with Crippen LogP contribution in [-0.2, 0) is 9.59 Å². The van der Waals surface area contributed by atoms with Gasteiger partial charge >= 0.3 is 12.0 Å². The Balaban J connectivity index is 4.39. The monoisotopic (exact) mass is 301 g/mol. The first kappa shape index (κ1) is 19.2. The molecule has 0 heterocycles. The van der Waals surface area contributed by atoms with E-state index in [1.807, 2.05) is 27.7 Å². The molecule has 2 unspecified atom stereocenters. The molecule has 2 atom stereocenters. The molecule has 21 heavy (non-hydrogen) atoms. The lowest BCUT2D eigenvalue weighted by Crippen LogP contribution is -2.54. The number of hydrogen-bond acceptors (Lipinski definition) is 3. The van der Waals surface area contributed by atoms with Gasteiger partial charge in [-0.05, 0) is 34.1 Å². The van der Waals surface area contributed by atoms with Crippen LogP contribution in [0, 0.1) is 0 Å². The molecule has 0 saturated carbocycles. The second kappa shape index (κ2) is 8.49. The summed E-state index contributed by atoms with van der Waals surface area (Å²) in [5.41, 5.74) is -0.377. The molecular formula is C14H27N3O4. The smallest absolute Gasteiger partial charge is 0.315 e. The maximum Gasteiger partial charge on any atom is 0.315 e. The minimum Gasteiger partial charge on any atom is -0.481 e. The van der Waals surface area contributed by atoms with Gasteiger partial charge in [0, 0.05) is 11.6 Å². The molecule has 0 aliphatic carbocycles. The Morgan fingerprint density at radius 1 is 1.14 bits per heavy atom. The molecule has 0 fully saturated rings. The average molecular weight is 301 g/mol. The number of rotatable bonds is 7. The molecule has 0 radical (unpaired) electrons. The Morgan fingerprint density at radius 3 is 2.14 bits per heavy atom. The van der Waals surface area contributed by atoms with Crippen molar-refractivity contribution in [1.29, 1.82) is 0 Å². The highest BCUT2D eigenvalue weighted by Gasteiger charge is 2.22. The second-order valence-corrected chi connectivity index (χ2v) is 6.16. The summed E-state index contributed by atoms with van der Waals surface area (Å²) in [5, 5.41) is 16.6. The molecule has 0 spiro atoms.